The van der Waals surface area contributed by atoms with Crippen LogP contribution in [0, 0.1) is 5.82 Å². The number of hydrogen-bond donors (Lipinski definition) is 1. The third-order valence-electron chi connectivity index (χ3n) is 4.08. The second-order valence-electron chi connectivity index (χ2n) is 5.47. The highest BCUT2D eigenvalue weighted by Gasteiger charge is 2.26. The molecule has 1 saturated carbocycles. The Bertz CT molecular complexity index is 579. The van der Waals surface area contributed by atoms with Crippen molar-refractivity contribution < 1.29 is 13.5 Å². The topological polar surface area (TPSA) is 34.4 Å². The number of nitrogens with one attached hydrogen (secondary N) is 1. The Morgan fingerprint density at radius 3 is 2.76 bits per heavy atom. The van der Waals surface area contributed by atoms with Crippen molar-refractivity contribution in [3.8, 4) is 11.3 Å². The summed E-state index contributed by atoms with van der Waals surface area (Å²) in [4.78, 5) is 0. The Labute approximate surface area is 124 Å². The maximum atomic E-state index is 12.9. The molecule has 2 atom stereocenters. The van der Waals surface area contributed by atoms with Gasteiger partial charge in [-0.05, 0) is 55.7 Å². The van der Waals surface area contributed by atoms with Crippen LogP contribution in [0.2, 0.25) is 0 Å². The van der Waals surface area contributed by atoms with E-state index in [2.05, 4.69) is 5.32 Å². The van der Waals surface area contributed by atoms with Crippen LogP contribution in [0.3, 0.4) is 0 Å². The lowest BCUT2D eigenvalue weighted by Crippen LogP contribution is -2.36. The number of ether oxygens (including phenoxy) is 1. The molecule has 0 radical (unpaired) electrons. The van der Waals surface area contributed by atoms with E-state index in [9.17, 15) is 4.39 Å². The molecule has 4 heteroatoms. The van der Waals surface area contributed by atoms with E-state index in [-0.39, 0.29) is 5.82 Å². The van der Waals surface area contributed by atoms with Crippen LogP contribution in [-0.4, -0.2) is 19.3 Å². The van der Waals surface area contributed by atoms with Crippen LogP contribution in [0.15, 0.2) is 40.8 Å². The zero-order chi connectivity index (χ0) is 14.7. The van der Waals surface area contributed by atoms with Crippen molar-refractivity contribution in [3.05, 3.63) is 48.0 Å². The average molecular weight is 289 g/mol. The summed E-state index contributed by atoms with van der Waals surface area (Å²) in [5, 5.41) is 3.49. The molecule has 0 saturated heterocycles. The van der Waals surface area contributed by atoms with Crippen LogP contribution in [0.1, 0.15) is 25.0 Å². The predicted octanol–water partition coefficient (Wildman–Crippen LogP) is 3.74. The first-order chi connectivity index (χ1) is 10.3. The largest absolute Gasteiger partial charge is 0.460 e. The number of benzene rings is 1. The Hall–Kier alpha value is -1.65. The van der Waals surface area contributed by atoms with Gasteiger partial charge in [0.2, 0.25) is 0 Å². The third kappa shape index (κ3) is 3.34. The number of methoxy groups -OCH3 is 1. The maximum absolute atomic E-state index is 12.9. The summed E-state index contributed by atoms with van der Waals surface area (Å²) in [5.74, 6) is 1.41. The van der Waals surface area contributed by atoms with Crippen LogP contribution < -0.4 is 5.32 Å². The molecule has 0 aliphatic heterocycles. The van der Waals surface area contributed by atoms with E-state index in [0.717, 1.165) is 29.9 Å². The van der Waals surface area contributed by atoms with E-state index in [1.54, 1.807) is 19.2 Å². The van der Waals surface area contributed by atoms with Crippen LogP contribution in [0.25, 0.3) is 11.3 Å². The molecule has 112 valence electrons. The first kappa shape index (κ1) is 14.3. The molecule has 2 unspecified atom stereocenters. The fourth-order valence-corrected chi connectivity index (χ4v) is 2.92. The number of halogens is 1. The van der Waals surface area contributed by atoms with Crippen molar-refractivity contribution in [2.75, 3.05) is 7.11 Å². The lowest BCUT2D eigenvalue weighted by Gasteiger charge is -2.18. The molecule has 0 amide bonds. The smallest absolute Gasteiger partial charge is 0.134 e. The molecule has 3 nitrogen and oxygen atoms in total. The van der Waals surface area contributed by atoms with E-state index < -0.39 is 0 Å². The summed E-state index contributed by atoms with van der Waals surface area (Å²) < 4.78 is 24.2. The van der Waals surface area contributed by atoms with E-state index in [0.29, 0.717) is 18.7 Å². The zero-order valence-corrected chi connectivity index (χ0v) is 12.1. The van der Waals surface area contributed by atoms with Gasteiger partial charge in [0.25, 0.3) is 0 Å². The predicted molar refractivity (Wildman–Crippen MR) is 79.4 cm³/mol. The SMILES string of the molecule is COC1CCCC1NCc1ccc(-c2ccc(F)cc2)o1. The minimum atomic E-state index is -0.237. The lowest BCUT2D eigenvalue weighted by molar-refractivity contribution is 0.0841. The van der Waals surface area contributed by atoms with Crippen molar-refractivity contribution in [3.63, 3.8) is 0 Å². The number of furan rings is 1. The minimum absolute atomic E-state index is 0.237. The summed E-state index contributed by atoms with van der Waals surface area (Å²) in [6.45, 7) is 0.686. The van der Waals surface area contributed by atoms with Gasteiger partial charge in [-0.3, -0.25) is 0 Å². The molecule has 3 rings (SSSR count). The summed E-state index contributed by atoms with van der Waals surface area (Å²) in [7, 11) is 1.77. The van der Waals surface area contributed by atoms with Gasteiger partial charge >= 0.3 is 0 Å². The monoisotopic (exact) mass is 289 g/mol. The van der Waals surface area contributed by atoms with Gasteiger partial charge in [-0.1, -0.05) is 0 Å². The quantitative estimate of drug-likeness (QED) is 0.910. The van der Waals surface area contributed by atoms with Crippen molar-refractivity contribution in [1.29, 1.82) is 0 Å². The highest BCUT2D eigenvalue weighted by atomic mass is 19.1. The summed E-state index contributed by atoms with van der Waals surface area (Å²) >= 11 is 0. The van der Waals surface area contributed by atoms with Gasteiger partial charge in [0.15, 0.2) is 0 Å². The fourth-order valence-electron chi connectivity index (χ4n) is 2.92. The molecule has 1 aliphatic rings. The molecule has 2 aromatic rings. The Morgan fingerprint density at radius 2 is 2.00 bits per heavy atom. The summed E-state index contributed by atoms with van der Waals surface area (Å²) in [5.41, 5.74) is 0.887. The molecular formula is C17H20FNO2. The third-order valence-corrected chi connectivity index (χ3v) is 4.08. The van der Waals surface area contributed by atoms with Crippen LogP contribution >= 0.6 is 0 Å². The summed E-state index contributed by atoms with van der Waals surface area (Å²) in [6, 6.07) is 10.6. The molecule has 1 heterocycles. The van der Waals surface area contributed by atoms with Crippen LogP contribution in [0.5, 0.6) is 0 Å². The minimum Gasteiger partial charge on any atom is -0.460 e. The second kappa shape index (κ2) is 6.41. The Balaban J connectivity index is 1.61. The van der Waals surface area contributed by atoms with Gasteiger partial charge < -0.3 is 14.5 Å². The molecule has 1 N–H and O–H groups in total. The normalized spacial score (nSPS) is 21.8. The van der Waals surface area contributed by atoms with Gasteiger partial charge in [0, 0.05) is 18.7 Å². The van der Waals surface area contributed by atoms with Gasteiger partial charge in [-0.2, -0.15) is 0 Å². The molecule has 1 aromatic heterocycles. The van der Waals surface area contributed by atoms with Crippen molar-refractivity contribution in [2.24, 2.45) is 0 Å². The molecule has 0 spiro atoms. The second-order valence-corrected chi connectivity index (χ2v) is 5.47. The Morgan fingerprint density at radius 1 is 1.19 bits per heavy atom. The van der Waals surface area contributed by atoms with Crippen LogP contribution in [-0.2, 0) is 11.3 Å². The standard InChI is InChI=1S/C17H20FNO2/c1-20-17-4-2-3-15(17)19-11-14-9-10-16(21-14)12-5-7-13(18)8-6-12/h5-10,15,17,19H,2-4,11H2,1H3. The lowest BCUT2D eigenvalue weighted by atomic mass is 10.2. The maximum Gasteiger partial charge on any atom is 0.134 e. The Kier molecular flexibility index (Phi) is 4.36. The molecule has 21 heavy (non-hydrogen) atoms. The highest BCUT2D eigenvalue weighted by molar-refractivity contribution is 5.57. The molecule has 1 aliphatic carbocycles. The van der Waals surface area contributed by atoms with Gasteiger partial charge in [0.1, 0.15) is 17.3 Å². The van der Waals surface area contributed by atoms with E-state index in [1.807, 2.05) is 12.1 Å². The first-order valence-electron chi connectivity index (χ1n) is 7.37. The van der Waals surface area contributed by atoms with E-state index >= 15 is 0 Å². The van der Waals surface area contributed by atoms with Crippen molar-refractivity contribution in [2.45, 2.75) is 38.0 Å². The number of rotatable bonds is 5. The number of hydrogen-bond acceptors (Lipinski definition) is 3. The van der Waals surface area contributed by atoms with E-state index in [1.165, 1.54) is 18.6 Å². The van der Waals surface area contributed by atoms with Crippen molar-refractivity contribution >= 4 is 0 Å². The molecule has 1 aromatic carbocycles. The summed E-state index contributed by atoms with van der Waals surface area (Å²) in [6.07, 6.45) is 3.77. The molecule has 1 fully saturated rings. The van der Waals surface area contributed by atoms with Gasteiger partial charge in [-0.15, -0.1) is 0 Å². The van der Waals surface area contributed by atoms with Gasteiger partial charge in [-0.25, -0.2) is 4.39 Å². The molecule has 0 bridgehead atoms. The zero-order valence-electron chi connectivity index (χ0n) is 12.1. The van der Waals surface area contributed by atoms with Gasteiger partial charge in [0.05, 0.1) is 12.6 Å². The average Bonchev–Trinajstić information content (AvgIpc) is 3.14. The first-order valence-corrected chi connectivity index (χ1v) is 7.37. The van der Waals surface area contributed by atoms with Crippen LogP contribution in [0.4, 0.5) is 4.39 Å². The van der Waals surface area contributed by atoms with E-state index in [4.69, 9.17) is 9.15 Å². The molecular weight excluding hydrogens is 269 g/mol. The fraction of sp³-hybridized carbons (Fsp3) is 0.412. The van der Waals surface area contributed by atoms with Crippen molar-refractivity contribution in [1.82, 2.24) is 5.32 Å². The highest BCUT2D eigenvalue weighted by Crippen LogP contribution is 2.24.